The lowest BCUT2D eigenvalue weighted by molar-refractivity contribution is 0.218. The zero-order valence-electron chi connectivity index (χ0n) is 10.2. The van der Waals surface area contributed by atoms with E-state index in [0.717, 1.165) is 17.7 Å². The van der Waals surface area contributed by atoms with Gasteiger partial charge in [-0.3, -0.25) is 0 Å². The molecule has 0 bridgehead atoms. The van der Waals surface area contributed by atoms with Crippen LogP contribution in [0.4, 0.5) is 10.5 Å². The second kappa shape index (κ2) is 6.54. The first-order valence-corrected chi connectivity index (χ1v) is 5.67. The Hall–Kier alpha value is -2.02. The molecule has 1 aromatic rings. The number of anilines is 1. The monoisotopic (exact) mass is 231 g/mol. The first-order chi connectivity index (χ1) is 8.17. The summed E-state index contributed by atoms with van der Waals surface area (Å²) in [6.07, 6.45) is 0.836. The molecular weight excluding hydrogens is 214 g/mol. The number of urea groups is 1. The maximum absolute atomic E-state index is 11.9. The maximum atomic E-state index is 11.9. The molecule has 4 nitrogen and oxygen atoms in total. The molecule has 0 radical (unpaired) electrons. The van der Waals surface area contributed by atoms with E-state index < -0.39 is 0 Å². The summed E-state index contributed by atoms with van der Waals surface area (Å²) in [6.45, 7) is 4.65. The van der Waals surface area contributed by atoms with Gasteiger partial charge in [0.15, 0.2) is 0 Å². The van der Waals surface area contributed by atoms with Crippen LogP contribution in [0.3, 0.4) is 0 Å². The molecular formula is C13H17N3O. The largest absolute Gasteiger partial charge is 0.322 e. The smallest absolute Gasteiger partial charge is 0.311 e. The minimum absolute atomic E-state index is 0.117. The number of carbonyl (C=O) groups excluding carboxylic acids is 1. The van der Waals surface area contributed by atoms with Gasteiger partial charge in [0, 0.05) is 12.2 Å². The van der Waals surface area contributed by atoms with Gasteiger partial charge in [-0.15, -0.1) is 0 Å². The molecule has 90 valence electrons. The van der Waals surface area contributed by atoms with Gasteiger partial charge in [-0.1, -0.05) is 19.1 Å². The Labute approximate surface area is 102 Å². The fourth-order valence-corrected chi connectivity index (χ4v) is 1.53. The van der Waals surface area contributed by atoms with Gasteiger partial charge in [-0.25, -0.2) is 4.79 Å². The molecule has 0 atom stereocenters. The highest BCUT2D eigenvalue weighted by atomic mass is 16.2. The fraction of sp³-hybridized carbons (Fsp3) is 0.385. The van der Waals surface area contributed by atoms with Crippen LogP contribution in [0.15, 0.2) is 24.3 Å². The Bertz CT molecular complexity index is 423. The average Bonchev–Trinajstić information content (AvgIpc) is 2.28. The Morgan fingerprint density at radius 2 is 2.29 bits per heavy atom. The third kappa shape index (κ3) is 4.15. The molecule has 0 spiro atoms. The van der Waals surface area contributed by atoms with E-state index in [9.17, 15) is 4.79 Å². The second-order valence-electron chi connectivity index (χ2n) is 3.88. The van der Waals surface area contributed by atoms with Crippen molar-refractivity contribution in [1.29, 1.82) is 5.26 Å². The van der Waals surface area contributed by atoms with Crippen molar-refractivity contribution in [2.45, 2.75) is 20.3 Å². The van der Waals surface area contributed by atoms with Crippen LogP contribution in [-0.2, 0) is 0 Å². The highest BCUT2D eigenvalue weighted by Gasteiger charge is 2.11. The fourth-order valence-electron chi connectivity index (χ4n) is 1.53. The Balaban J connectivity index is 2.66. The summed E-state index contributed by atoms with van der Waals surface area (Å²) in [6, 6.07) is 9.36. The number of hydrogen-bond donors (Lipinski definition) is 1. The number of aryl methyl sites for hydroxylation is 1. The minimum Gasteiger partial charge on any atom is -0.311 e. The first-order valence-electron chi connectivity index (χ1n) is 5.67. The van der Waals surface area contributed by atoms with Crippen molar-refractivity contribution < 1.29 is 4.79 Å². The van der Waals surface area contributed by atoms with Gasteiger partial charge >= 0.3 is 6.03 Å². The van der Waals surface area contributed by atoms with E-state index in [1.165, 1.54) is 4.90 Å². The lowest BCUT2D eigenvalue weighted by atomic mass is 10.2. The quantitative estimate of drug-likeness (QED) is 0.810. The number of rotatable bonds is 4. The molecule has 1 N–H and O–H groups in total. The topological polar surface area (TPSA) is 56.1 Å². The van der Waals surface area contributed by atoms with E-state index in [2.05, 4.69) is 5.32 Å². The highest BCUT2D eigenvalue weighted by molar-refractivity contribution is 5.89. The molecule has 0 unspecified atom stereocenters. The SMILES string of the molecule is CCCN(CC#N)C(=O)Nc1cccc(C)c1. The van der Waals surface area contributed by atoms with Crippen molar-refractivity contribution in [2.75, 3.05) is 18.4 Å². The van der Waals surface area contributed by atoms with Crippen molar-refractivity contribution in [1.82, 2.24) is 4.90 Å². The molecule has 0 saturated carbocycles. The van der Waals surface area contributed by atoms with Crippen LogP contribution in [0.1, 0.15) is 18.9 Å². The molecule has 0 aliphatic carbocycles. The summed E-state index contributed by atoms with van der Waals surface area (Å²) < 4.78 is 0. The van der Waals surface area contributed by atoms with Gasteiger partial charge in [-0.2, -0.15) is 5.26 Å². The van der Waals surface area contributed by atoms with E-state index in [-0.39, 0.29) is 12.6 Å². The Morgan fingerprint density at radius 1 is 1.53 bits per heavy atom. The van der Waals surface area contributed by atoms with Crippen molar-refractivity contribution in [3.05, 3.63) is 29.8 Å². The van der Waals surface area contributed by atoms with Crippen LogP contribution < -0.4 is 5.32 Å². The summed E-state index contributed by atoms with van der Waals surface area (Å²) in [7, 11) is 0. The van der Waals surface area contributed by atoms with Crippen molar-refractivity contribution in [3.63, 3.8) is 0 Å². The van der Waals surface area contributed by atoms with Crippen LogP contribution in [0, 0.1) is 18.3 Å². The zero-order valence-corrected chi connectivity index (χ0v) is 10.2. The van der Waals surface area contributed by atoms with Crippen molar-refractivity contribution in [3.8, 4) is 6.07 Å². The summed E-state index contributed by atoms with van der Waals surface area (Å²) >= 11 is 0. The molecule has 1 rings (SSSR count). The summed E-state index contributed by atoms with van der Waals surface area (Å²) in [4.78, 5) is 13.4. The van der Waals surface area contributed by atoms with Gasteiger partial charge in [0.1, 0.15) is 6.54 Å². The first kappa shape index (κ1) is 13.0. The third-order valence-electron chi connectivity index (χ3n) is 2.31. The third-order valence-corrected chi connectivity index (χ3v) is 2.31. The second-order valence-corrected chi connectivity index (χ2v) is 3.88. The highest BCUT2D eigenvalue weighted by Crippen LogP contribution is 2.10. The van der Waals surface area contributed by atoms with E-state index in [1.54, 1.807) is 0 Å². The normalized spacial score (nSPS) is 9.47. The molecule has 0 aliphatic heterocycles. The van der Waals surface area contributed by atoms with Crippen LogP contribution in [0.2, 0.25) is 0 Å². The van der Waals surface area contributed by atoms with Gasteiger partial charge < -0.3 is 10.2 Å². The standard InChI is InChI=1S/C13H17N3O/c1-3-8-16(9-7-14)13(17)15-12-6-4-5-11(2)10-12/h4-6,10H,3,8-9H2,1-2H3,(H,15,17). The van der Waals surface area contributed by atoms with Crippen LogP contribution >= 0.6 is 0 Å². The van der Waals surface area contributed by atoms with E-state index in [4.69, 9.17) is 5.26 Å². The number of nitrogens with zero attached hydrogens (tertiary/aromatic N) is 2. The molecule has 0 saturated heterocycles. The van der Waals surface area contributed by atoms with E-state index >= 15 is 0 Å². The van der Waals surface area contributed by atoms with Crippen LogP contribution in [-0.4, -0.2) is 24.0 Å². The molecule has 0 fully saturated rings. The molecule has 2 amide bonds. The summed E-state index contributed by atoms with van der Waals surface area (Å²) in [5.74, 6) is 0. The number of amides is 2. The number of benzene rings is 1. The predicted octanol–water partition coefficient (Wildman–Crippen LogP) is 2.76. The summed E-state index contributed by atoms with van der Waals surface area (Å²) in [5, 5.41) is 11.4. The number of carbonyl (C=O) groups is 1. The minimum atomic E-state index is -0.223. The average molecular weight is 231 g/mol. The van der Waals surface area contributed by atoms with Crippen molar-refractivity contribution >= 4 is 11.7 Å². The number of nitriles is 1. The van der Waals surface area contributed by atoms with Gasteiger partial charge in [-0.05, 0) is 31.0 Å². The van der Waals surface area contributed by atoms with Gasteiger partial charge in [0.05, 0.1) is 6.07 Å². The molecule has 17 heavy (non-hydrogen) atoms. The van der Waals surface area contributed by atoms with E-state index in [1.807, 2.05) is 44.2 Å². The van der Waals surface area contributed by atoms with E-state index in [0.29, 0.717) is 6.54 Å². The van der Waals surface area contributed by atoms with Gasteiger partial charge in [0.2, 0.25) is 0 Å². The molecule has 0 heterocycles. The van der Waals surface area contributed by atoms with Crippen LogP contribution in [0.25, 0.3) is 0 Å². The molecule has 0 aromatic heterocycles. The lowest BCUT2D eigenvalue weighted by Gasteiger charge is -2.19. The Kier molecular flexibility index (Phi) is 5.02. The Morgan fingerprint density at radius 3 is 2.88 bits per heavy atom. The molecule has 0 aliphatic rings. The van der Waals surface area contributed by atoms with Gasteiger partial charge in [0.25, 0.3) is 0 Å². The maximum Gasteiger partial charge on any atom is 0.322 e. The number of nitrogens with one attached hydrogen (secondary N) is 1. The lowest BCUT2D eigenvalue weighted by Crippen LogP contribution is -2.35. The number of hydrogen-bond acceptors (Lipinski definition) is 2. The van der Waals surface area contributed by atoms with Crippen LogP contribution in [0.5, 0.6) is 0 Å². The molecule has 4 heteroatoms. The van der Waals surface area contributed by atoms with Crippen molar-refractivity contribution in [2.24, 2.45) is 0 Å². The predicted molar refractivity (Wildman–Crippen MR) is 67.7 cm³/mol. The molecule has 1 aromatic carbocycles. The zero-order chi connectivity index (χ0) is 12.7. The summed E-state index contributed by atoms with van der Waals surface area (Å²) in [5.41, 5.74) is 1.85.